The van der Waals surface area contributed by atoms with Crippen molar-refractivity contribution in [2.75, 3.05) is 13.1 Å². The smallest absolute Gasteiger partial charge is 0.204 e. The van der Waals surface area contributed by atoms with E-state index in [9.17, 15) is 4.79 Å². The number of benzene rings is 1. The molecule has 20 heavy (non-hydrogen) atoms. The highest BCUT2D eigenvalue weighted by Gasteiger charge is 2.39. The fourth-order valence-corrected chi connectivity index (χ4v) is 3.27. The average Bonchev–Trinajstić information content (AvgIpc) is 2.92. The molecule has 2 aromatic rings. The first-order chi connectivity index (χ1) is 9.66. The van der Waals surface area contributed by atoms with Gasteiger partial charge in [0.25, 0.3) is 0 Å². The summed E-state index contributed by atoms with van der Waals surface area (Å²) in [4.78, 5) is 12.9. The fourth-order valence-electron chi connectivity index (χ4n) is 3.05. The first-order valence-electron chi connectivity index (χ1n) is 7.10. The Hall–Kier alpha value is -1.32. The van der Waals surface area contributed by atoms with Gasteiger partial charge in [-0.1, -0.05) is 30.7 Å². The highest BCUT2D eigenvalue weighted by molar-refractivity contribution is 6.34. The van der Waals surface area contributed by atoms with Gasteiger partial charge in [-0.25, -0.2) is 0 Å². The molecule has 4 heteroatoms. The van der Waals surface area contributed by atoms with Gasteiger partial charge < -0.3 is 9.73 Å². The molecule has 0 aliphatic carbocycles. The summed E-state index contributed by atoms with van der Waals surface area (Å²) in [5, 5.41) is 4.75. The van der Waals surface area contributed by atoms with Gasteiger partial charge in [-0.2, -0.15) is 0 Å². The first kappa shape index (κ1) is 13.7. The lowest BCUT2D eigenvalue weighted by Crippen LogP contribution is -2.41. The van der Waals surface area contributed by atoms with Crippen molar-refractivity contribution >= 4 is 28.4 Å². The number of nitrogens with one attached hydrogen (secondary N) is 1. The van der Waals surface area contributed by atoms with Gasteiger partial charge in [-0.05, 0) is 44.5 Å². The number of piperidine rings is 1. The van der Waals surface area contributed by atoms with Crippen LogP contribution >= 0.6 is 11.6 Å². The molecule has 1 aromatic carbocycles. The maximum atomic E-state index is 12.9. The summed E-state index contributed by atoms with van der Waals surface area (Å²) in [6, 6.07) is 7.39. The molecule has 0 unspecified atom stereocenters. The SMILES string of the molecule is CCC1(C(=O)c2cc3cccc(Cl)c3o2)CCNCC1. The van der Waals surface area contributed by atoms with Crippen molar-refractivity contribution in [1.82, 2.24) is 5.32 Å². The monoisotopic (exact) mass is 291 g/mol. The quantitative estimate of drug-likeness (QED) is 0.868. The Morgan fingerprint density at radius 1 is 1.40 bits per heavy atom. The molecule has 0 bridgehead atoms. The van der Waals surface area contributed by atoms with Crippen LogP contribution in [0, 0.1) is 5.41 Å². The fraction of sp³-hybridized carbons (Fsp3) is 0.438. The molecule has 3 nitrogen and oxygen atoms in total. The summed E-state index contributed by atoms with van der Waals surface area (Å²) in [5.74, 6) is 0.561. The van der Waals surface area contributed by atoms with Gasteiger partial charge in [0, 0.05) is 10.8 Å². The highest BCUT2D eigenvalue weighted by atomic mass is 35.5. The summed E-state index contributed by atoms with van der Waals surface area (Å²) < 4.78 is 5.74. The topological polar surface area (TPSA) is 42.2 Å². The lowest BCUT2D eigenvalue weighted by atomic mass is 9.72. The van der Waals surface area contributed by atoms with Gasteiger partial charge in [-0.15, -0.1) is 0 Å². The van der Waals surface area contributed by atoms with Gasteiger partial charge in [0.15, 0.2) is 11.3 Å². The molecule has 3 rings (SSSR count). The zero-order valence-electron chi connectivity index (χ0n) is 11.5. The number of furan rings is 1. The number of halogens is 1. The molecular formula is C16H18ClNO2. The van der Waals surface area contributed by atoms with Crippen LogP contribution in [0.4, 0.5) is 0 Å². The van der Waals surface area contributed by atoms with E-state index in [-0.39, 0.29) is 11.2 Å². The van der Waals surface area contributed by atoms with E-state index in [0.29, 0.717) is 16.4 Å². The molecule has 0 atom stereocenters. The predicted molar refractivity (Wildman–Crippen MR) is 80.4 cm³/mol. The number of fused-ring (bicyclic) bond motifs is 1. The lowest BCUT2D eigenvalue weighted by molar-refractivity contribution is 0.0688. The van der Waals surface area contributed by atoms with Gasteiger partial charge in [0.1, 0.15) is 0 Å². The molecule has 1 saturated heterocycles. The normalized spacial score (nSPS) is 18.3. The Balaban J connectivity index is 2.01. The van der Waals surface area contributed by atoms with Crippen molar-refractivity contribution in [2.24, 2.45) is 5.41 Å². The number of hydrogen-bond acceptors (Lipinski definition) is 3. The predicted octanol–water partition coefficient (Wildman–Crippen LogP) is 4.05. The standard InChI is InChI=1S/C16H18ClNO2/c1-2-16(6-8-18-9-7-16)15(19)13-10-11-4-3-5-12(17)14(11)20-13/h3-5,10,18H,2,6-9H2,1H3. The van der Waals surface area contributed by atoms with Crippen LogP contribution in [0.3, 0.4) is 0 Å². The van der Waals surface area contributed by atoms with Crippen LogP contribution in [0.25, 0.3) is 11.0 Å². The van der Waals surface area contributed by atoms with Crippen molar-refractivity contribution in [3.05, 3.63) is 35.0 Å². The minimum absolute atomic E-state index is 0.119. The Labute approximate surface area is 123 Å². The molecular weight excluding hydrogens is 274 g/mol. The van der Waals surface area contributed by atoms with Crippen LogP contribution in [0.15, 0.2) is 28.7 Å². The van der Waals surface area contributed by atoms with E-state index >= 15 is 0 Å². The van der Waals surface area contributed by atoms with E-state index in [4.69, 9.17) is 16.0 Å². The lowest BCUT2D eigenvalue weighted by Gasteiger charge is -2.34. The number of rotatable bonds is 3. The second-order valence-corrected chi connectivity index (χ2v) is 5.89. The number of hydrogen-bond donors (Lipinski definition) is 1. The second-order valence-electron chi connectivity index (χ2n) is 5.48. The Morgan fingerprint density at radius 3 is 2.80 bits per heavy atom. The molecule has 1 fully saturated rings. The highest BCUT2D eigenvalue weighted by Crippen LogP contribution is 2.38. The van der Waals surface area contributed by atoms with Gasteiger partial charge in [0.05, 0.1) is 5.02 Å². The zero-order chi connectivity index (χ0) is 14.2. The van der Waals surface area contributed by atoms with Gasteiger partial charge in [0.2, 0.25) is 5.78 Å². The molecule has 1 aliphatic heterocycles. The summed E-state index contributed by atoms with van der Waals surface area (Å²) in [6.45, 7) is 3.86. The molecule has 106 valence electrons. The van der Waals surface area contributed by atoms with Crippen LogP contribution in [0.2, 0.25) is 5.02 Å². The Morgan fingerprint density at radius 2 is 2.15 bits per heavy atom. The zero-order valence-corrected chi connectivity index (χ0v) is 12.3. The number of Topliss-reactive ketones (excluding diaryl/α,β-unsaturated/α-hetero) is 1. The summed E-state index contributed by atoms with van der Waals surface area (Å²) in [5.41, 5.74) is 0.323. The van der Waals surface area contributed by atoms with E-state index in [1.807, 2.05) is 18.2 Å². The van der Waals surface area contributed by atoms with Crippen molar-refractivity contribution < 1.29 is 9.21 Å². The van der Waals surface area contributed by atoms with Crippen molar-refractivity contribution in [3.8, 4) is 0 Å². The molecule has 2 heterocycles. The van der Waals surface area contributed by atoms with Crippen LogP contribution in [-0.4, -0.2) is 18.9 Å². The molecule has 0 amide bonds. The Kier molecular flexibility index (Phi) is 3.57. The number of para-hydroxylation sites is 1. The van der Waals surface area contributed by atoms with Gasteiger partial charge in [-0.3, -0.25) is 4.79 Å². The molecule has 0 saturated carbocycles. The Bertz CT molecular complexity index is 641. The average molecular weight is 292 g/mol. The molecule has 1 N–H and O–H groups in total. The maximum Gasteiger partial charge on any atom is 0.204 e. The number of carbonyl (C=O) groups excluding carboxylic acids is 1. The van der Waals surface area contributed by atoms with Crippen LogP contribution in [0.1, 0.15) is 36.7 Å². The third-order valence-corrected chi connectivity index (χ3v) is 4.74. The number of ketones is 1. The van der Waals surface area contributed by atoms with E-state index in [2.05, 4.69) is 12.2 Å². The summed E-state index contributed by atoms with van der Waals surface area (Å²) in [7, 11) is 0. The van der Waals surface area contributed by atoms with Crippen LogP contribution in [-0.2, 0) is 0 Å². The van der Waals surface area contributed by atoms with E-state index < -0.39 is 0 Å². The maximum absolute atomic E-state index is 12.9. The van der Waals surface area contributed by atoms with E-state index in [0.717, 1.165) is 37.7 Å². The van der Waals surface area contributed by atoms with Crippen molar-refractivity contribution in [2.45, 2.75) is 26.2 Å². The minimum atomic E-state index is -0.286. The third-order valence-electron chi connectivity index (χ3n) is 4.44. The molecule has 0 spiro atoms. The second kappa shape index (κ2) is 5.23. The molecule has 1 aliphatic rings. The van der Waals surface area contributed by atoms with Crippen molar-refractivity contribution in [1.29, 1.82) is 0 Å². The summed E-state index contributed by atoms with van der Waals surface area (Å²) in [6.07, 6.45) is 2.58. The van der Waals surface area contributed by atoms with E-state index in [1.54, 1.807) is 6.07 Å². The number of carbonyl (C=O) groups is 1. The summed E-state index contributed by atoms with van der Waals surface area (Å²) >= 11 is 6.11. The van der Waals surface area contributed by atoms with Crippen LogP contribution < -0.4 is 5.32 Å². The van der Waals surface area contributed by atoms with Crippen LogP contribution in [0.5, 0.6) is 0 Å². The molecule has 0 radical (unpaired) electrons. The van der Waals surface area contributed by atoms with E-state index in [1.165, 1.54) is 0 Å². The largest absolute Gasteiger partial charge is 0.451 e. The third kappa shape index (κ3) is 2.15. The first-order valence-corrected chi connectivity index (χ1v) is 7.48. The minimum Gasteiger partial charge on any atom is -0.451 e. The van der Waals surface area contributed by atoms with Gasteiger partial charge >= 0.3 is 0 Å². The molecule has 1 aromatic heterocycles. The van der Waals surface area contributed by atoms with Crippen molar-refractivity contribution in [3.63, 3.8) is 0 Å².